The molecule has 0 heterocycles. The van der Waals surface area contributed by atoms with Crippen molar-refractivity contribution >= 4 is 17.5 Å². The maximum Gasteiger partial charge on any atom is 0.331 e. The third-order valence-electron chi connectivity index (χ3n) is 1.86. The second-order valence-corrected chi connectivity index (χ2v) is 4.64. The highest BCUT2D eigenvalue weighted by Crippen LogP contribution is 2.18. The van der Waals surface area contributed by atoms with Crippen LogP contribution in [0, 0.1) is 5.41 Å². The van der Waals surface area contributed by atoms with Gasteiger partial charge in [-0.3, -0.25) is 9.59 Å². The van der Waals surface area contributed by atoms with Crippen molar-refractivity contribution in [1.82, 2.24) is 0 Å². The molecule has 0 aromatic carbocycles. The molecular weight excluding hydrogens is 208 g/mol. The number of allylic oxidation sites excluding steroid dienone is 1. The molecule has 0 aromatic rings. The number of carbonyl (C=O) groups excluding carboxylic acids is 3. The van der Waals surface area contributed by atoms with Crippen molar-refractivity contribution in [3.8, 4) is 0 Å². The third kappa shape index (κ3) is 5.44. The predicted molar refractivity (Wildman–Crippen MR) is 59.8 cm³/mol. The van der Waals surface area contributed by atoms with Crippen LogP contribution >= 0.6 is 0 Å². The van der Waals surface area contributed by atoms with Crippen molar-refractivity contribution in [2.24, 2.45) is 5.41 Å². The molecule has 4 heteroatoms. The van der Waals surface area contributed by atoms with Crippen molar-refractivity contribution in [1.29, 1.82) is 0 Å². The predicted octanol–water partition coefficient (Wildman–Crippen LogP) is 1.68. The van der Waals surface area contributed by atoms with Gasteiger partial charge in [0.15, 0.2) is 17.7 Å². The van der Waals surface area contributed by atoms with Gasteiger partial charge in [-0.1, -0.05) is 20.8 Å². The van der Waals surface area contributed by atoms with E-state index in [1.807, 2.05) is 0 Å². The van der Waals surface area contributed by atoms with Gasteiger partial charge in [-0.2, -0.15) is 0 Å². The minimum atomic E-state index is -0.802. The second-order valence-electron chi connectivity index (χ2n) is 4.64. The molecule has 1 atom stereocenters. The molecule has 0 amide bonds. The van der Waals surface area contributed by atoms with E-state index < -0.39 is 17.5 Å². The Morgan fingerprint density at radius 1 is 1.12 bits per heavy atom. The van der Waals surface area contributed by atoms with E-state index in [1.54, 1.807) is 20.8 Å². The summed E-state index contributed by atoms with van der Waals surface area (Å²) in [5.74, 6) is -1.08. The fraction of sp³-hybridized carbons (Fsp3) is 0.583. The van der Waals surface area contributed by atoms with Crippen LogP contribution in [-0.2, 0) is 19.1 Å². The smallest absolute Gasteiger partial charge is 0.331 e. The lowest BCUT2D eigenvalue weighted by Crippen LogP contribution is -2.33. The van der Waals surface area contributed by atoms with E-state index in [0.29, 0.717) is 0 Å². The minimum Gasteiger partial charge on any atom is -0.451 e. The standard InChI is InChI=1S/C12H18O4/c1-8(13)6-7-10(14)16-9(2)11(15)12(3,4)5/h6-7,9H,1-5H3/b7-6+. The summed E-state index contributed by atoms with van der Waals surface area (Å²) in [7, 11) is 0. The van der Waals surface area contributed by atoms with E-state index in [4.69, 9.17) is 4.74 Å². The highest BCUT2D eigenvalue weighted by molar-refractivity contribution is 5.96. The first kappa shape index (κ1) is 14.6. The largest absolute Gasteiger partial charge is 0.451 e. The van der Waals surface area contributed by atoms with Gasteiger partial charge >= 0.3 is 5.97 Å². The molecule has 0 fully saturated rings. The van der Waals surface area contributed by atoms with Gasteiger partial charge < -0.3 is 4.74 Å². The van der Waals surface area contributed by atoms with E-state index in [9.17, 15) is 14.4 Å². The van der Waals surface area contributed by atoms with Crippen LogP contribution in [0.15, 0.2) is 12.2 Å². The van der Waals surface area contributed by atoms with E-state index in [1.165, 1.54) is 13.8 Å². The molecule has 0 saturated carbocycles. The minimum absolute atomic E-state index is 0.155. The molecule has 0 rings (SSSR count). The Morgan fingerprint density at radius 3 is 2.00 bits per heavy atom. The van der Waals surface area contributed by atoms with Crippen LogP contribution in [0.4, 0.5) is 0 Å². The fourth-order valence-electron chi connectivity index (χ4n) is 1.06. The van der Waals surface area contributed by atoms with E-state index >= 15 is 0 Å². The molecule has 90 valence electrons. The molecule has 1 unspecified atom stereocenters. The molecule has 0 aliphatic carbocycles. The number of hydrogen-bond acceptors (Lipinski definition) is 4. The van der Waals surface area contributed by atoms with Gasteiger partial charge in [0.1, 0.15) is 0 Å². The molecule has 0 saturated heterocycles. The summed E-state index contributed by atoms with van der Waals surface area (Å²) in [6.45, 7) is 8.11. The lowest BCUT2D eigenvalue weighted by atomic mass is 9.88. The molecule has 0 aromatic heterocycles. The zero-order valence-electron chi connectivity index (χ0n) is 10.4. The maximum atomic E-state index is 11.7. The quantitative estimate of drug-likeness (QED) is 0.540. The molecular formula is C12H18O4. The van der Waals surface area contributed by atoms with Crippen LogP contribution < -0.4 is 0 Å². The van der Waals surface area contributed by atoms with Crippen LogP contribution in [0.3, 0.4) is 0 Å². The Labute approximate surface area is 95.7 Å². The average molecular weight is 226 g/mol. The fourth-order valence-corrected chi connectivity index (χ4v) is 1.06. The van der Waals surface area contributed by atoms with Gasteiger partial charge in [0.2, 0.25) is 0 Å². The van der Waals surface area contributed by atoms with Crippen molar-refractivity contribution in [2.45, 2.75) is 40.7 Å². The lowest BCUT2D eigenvalue weighted by Gasteiger charge is -2.21. The molecule has 0 spiro atoms. The van der Waals surface area contributed by atoms with Crippen LogP contribution in [0.25, 0.3) is 0 Å². The van der Waals surface area contributed by atoms with Crippen molar-refractivity contribution < 1.29 is 19.1 Å². The van der Waals surface area contributed by atoms with Gasteiger partial charge in [-0.05, 0) is 19.9 Å². The Kier molecular flexibility index (Phi) is 5.08. The van der Waals surface area contributed by atoms with Gasteiger partial charge in [-0.25, -0.2) is 4.79 Å². The third-order valence-corrected chi connectivity index (χ3v) is 1.86. The van der Waals surface area contributed by atoms with E-state index in [-0.39, 0.29) is 11.6 Å². The summed E-state index contributed by atoms with van der Waals surface area (Å²) in [5.41, 5.74) is -0.552. The molecule has 0 bridgehead atoms. The summed E-state index contributed by atoms with van der Waals surface area (Å²) in [6, 6.07) is 0. The number of Topliss-reactive ketones (excluding diaryl/α,β-unsaturated/α-hetero) is 1. The van der Waals surface area contributed by atoms with E-state index in [2.05, 4.69) is 0 Å². The lowest BCUT2D eigenvalue weighted by molar-refractivity contribution is -0.152. The van der Waals surface area contributed by atoms with Crippen molar-refractivity contribution in [3.05, 3.63) is 12.2 Å². The zero-order valence-corrected chi connectivity index (χ0v) is 10.4. The molecule has 0 radical (unpaired) electrons. The number of ketones is 2. The van der Waals surface area contributed by atoms with Crippen LogP contribution in [0.2, 0.25) is 0 Å². The van der Waals surface area contributed by atoms with Crippen LogP contribution in [0.5, 0.6) is 0 Å². The summed E-state index contributed by atoms with van der Waals surface area (Å²) in [5, 5.41) is 0. The molecule has 4 nitrogen and oxygen atoms in total. The first-order valence-corrected chi connectivity index (χ1v) is 5.08. The Balaban J connectivity index is 4.36. The average Bonchev–Trinajstić information content (AvgIpc) is 2.11. The Hall–Kier alpha value is -1.45. The number of rotatable bonds is 4. The number of carbonyl (C=O) groups is 3. The summed E-state index contributed by atoms with van der Waals surface area (Å²) in [6.07, 6.45) is 1.33. The maximum absolute atomic E-state index is 11.7. The van der Waals surface area contributed by atoms with Crippen LogP contribution in [-0.4, -0.2) is 23.6 Å². The first-order valence-electron chi connectivity index (χ1n) is 5.08. The van der Waals surface area contributed by atoms with Crippen molar-refractivity contribution in [3.63, 3.8) is 0 Å². The SMILES string of the molecule is CC(=O)/C=C/C(=O)OC(C)C(=O)C(C)(C)C. The Morgan fingerprint density at radius 2 is 1.62 bits per heavy atom. The summed E-state index contributed by atoms with van der Waals surface area (Å²) < 4.78 is 4.86. The summed E-state index contributed by atoms with van der Waals surface area (Å²) in [4.78, 5) is 33.4. The Bertz CT molecular complexity index is 320. The van der Waals surface area contributed by atoms with E-state index in [0.717, 1.165) is 12.2 Å². The highest BCUT2D eigenvalue weighted by atomic mass is 16.5. The van der Waals surface area contributed by atoms with Gasteiger partial charge in [0.25, 0.3) is 0 Å². The second kappa shape index (κ2) is 5.58. The molecule has 16 heavy (non-hydrogen) atoms. The normalized spacial score (nSPS) is 13.6. The monoisotopic (exact) mass is 226 g/mol. The zero-order chi connectivity index (χ0) is 12.9. The van der Waals surface area contributed by atoms with Crippen LogP contribution in [0.1, 0.15) is 34.6 Å². The topological polar surface area (TPSA) is 60.4 Å². The highest BCUT2D eigenvalue weighted by Gasteiger charge is 2.28. The molecule has 0 N–H and O–H groups in total. The molecule has 0 aliphatic heterocycles. The number of hydrogen-bond donors (Lipinski definition) is 0. The first-order chi connectivity index (χ1) is 7.14. The van der Waals surface area contributed by atoms with Gasteiger partial charge in [0.05, 0.1) is 0 Å². The molecule has 0 aliphatic rings. The number of ether oxygens (including phenoxy) is 1. The van der Waals surface area contributed by atoms with Crippen molar-refractivity contribution in [2.75, 3.05) is 0 Å². The summed E-state index contributed by atoms with van der Waals surface area (Å²) >= 11 is 0. The van der Waals surface area contributed by atoms with Gasteiger partial charge in [0, 0.05) is 11.5 Å². The number of esters is 1. The van der Waals surface area contributed by atoms with Gasteiger partial charge in [-0.15, -0.1) is 0 Å².